The van der Waals surface area contributed by atoms with Crippen molar-refractivity contribution in [1.29, 1.82) is 0 Å². The second-order valence-corrected chi connectivity index (χ2v) is 15.2. The van der Waals surface area contributed by atoms with E-state index in [4.69, 9.17) is 4.74 Å². The van der Waals surface area contributed by atoms with Gasteiger partial charge in [-0.3, -0.25) is 4.79 Å². The zero-order valence-electron chi connectivity index (χ0n) is 22.1. The maximum absolute atomic E-state index is 13.5. The van der Waals surface area contributed by atoms with Crippen LogP contribution in [0.2, 0.25) is 0 Å². The van der Waals surface area contributed by atoms with Gasteiger partial charge in [0.15, 0.2) is 0 Å². The van der Waals surface area contributed by atoms with Crippen LogP contribution < -0.4 is 0 Å². The molecule has 2 unspecified atom stereocenters. The summed E-state index contributed by atoms with van der Waals surface area (Å²) in [4.78, 5) is 13.5. The van der Waals surface area contributed by atoms with Crippen LogP contribution in [0, 0.1) is 50.2 Å². The first kappa shape index (κ1) is 22.6. The molecule has 1 saturated heterocycles. The molecule has 0 aromatic rings. The number of allylic oxidation sites excluding steroid dienone is 1. The number of ether oxygens (including phenoxy) is 1. The fraction of sp³-hybridized carbons (Fsp3) is 0.900. The summed E-state index contributed by atoms with van der Waals surface area (Å²) in [6.07, 6.45) is 12.2. The molecule has 184 valence electrons. The Kier molecular flexibility index (Phi) is 4.31. The van der Waals surface area contributed by atoms with Crippen molar-refractivity contribution < 1.29 is 14.6 Å². The summed E-state index contributed by atoms with van der Waals surface area (Å²) >= 11 is 0. The first-order valence-electron chi connectivity index (χ1n) is 13.8. The van der Waals surface area contributed by atoms with Crippen molar-refractivity contribution in [3.63, 3.8) is 0 Å². The van der Waals surface area contributed by atoms with Crippen molar-refractivity contribution in [2.75, 3.05) is 0 Å². The highest BCUT2D eigenvalue weighted by Gasteiger charge is 2.74. The molecule has 33 heavy (non-hydrogen) atoms. The van der Waals surface area contributed by atoms with Gasteiger partial charge < -0.3 is 9.84 Å². The Bertz CT molecular complexity index is 931. The smallest absolute Gasteiger partial charge is 0.313 e. The summed E-state index contributed by atoms with van der Waals surface area (Å²) in [6, 6.07) is 0. The van der Waals surface area contributed by atoms with Crippen molar-refractivity contribution in [3.05, 3.63) is 11.6 Å². The van der Waals surface area contributed by atoms with Gasteiger partial charge in [0.2, 0.25) is 0 Å². The van der Waals surface area contributed by atoms with Crippen molar-refractivity contribution in [1.82, 2.24) is 0 Å². The fourth-order valence-corrected chi connectivity index (χ4v) is 11.0. The normalized spacial score (nSPS) is 55.9. The largest absolute Gasteiger partial charge is 0.461 e. The van der Waals surface area contributed by atoms with E-state index in [2.05, 4.69) is 54.5 Å². The lowest BCUT2D eigenvalue weighted by Crippen LogP contribution is -2.66. The van der Waals surface area contributed by atoms with Gasteiger partial charge >= 0.3 is 5.97 Å². The fourth-order valence-electron chi connectivity index (χ4n) is 11.0. The molecule has 0 aromatic heterocycles. The molecular weight excluding hydrogens is 408 g/mol. The van der Waals surface area contributed by atoms with E-state index >= 15 is 0 Å². The third-order valence-corrected chi connectivity index (χ3v) is 13.3. The average Bonchev–Trinajstić information content (AvgIpc) is 3.03. The number of rotatable bonds is 0. The zero-order valence-corrected chi connectivity index (χ0v) is 22.1. The van der Waals surface area contributed by atoms with Crippen molar-refractivity contribution in [2.24, 2.45) is 50.2 Å². The topological polar surface area (TPSA) is 46.5 Å². The Labute approximate surface area is 201 Å². The minimum absolute atomic E-state index is 0.0313. The molecule has 6 rings (SSSR count). The first-order valence-corrected chi connectivity index (χ1v) is 13.8. The third-order valence-electron chi connectivity index (χ3n) is 13.3. The number of hydrogen-bond donors (Lipinski definition) is 1. The standard InChI is InChI=1S/C30H46O3/c1-25(2)14-15-30-17-23(33-24(30)32)29(7)18(19(30)16-25)8-9-21-27(5)12-11-22(31)26(3,4)20(27)10-13-28(21,29)6/h8,19-23,31H,9-17H2,1-7H3/t19?,20-,21+,22-,23-,27-,28+,29-,30?/m0/s1. The second-order valence-electron chi connectivity index (χ2n) is 15.2. The van der Waals surface area contributed by atoms with E-state index in [9.17, 15) is 9.90 Å². The van der Waals surface area contributed by atoms with Gasteiger partial charge in [-0.15, -0.1) is 0 Å². The Morgan fingerprint density at radius 2 is 1.64 bits per heavy atom. The highest BCUT2D eigenvalue weighted by molar-refractivity contribution is 5.82. The number of hydrogen-bond acceptors (Lipinski definition) is 3. The molecule has 5 aliphatic carbocycles. The molecule has 9 atom stereocenters. The quantitative estimate of drug-likeness (QED) is 0.328. The van der Waals surface area contributed by atoms with E-state index in [1.165, 1.54) is 12.8 Å². The highest BCUT2D eigenvalue weighted by atomic mass is 16.6. The molecule has 1 aliphatic heterocycles. The predicted octanol–water partition coefficient (Wildman–Crippen LogP) is 6.68. The van der Waals surface area contributed by atoms with E-state index in [0.29, 0.717) is 17.8 Å². The number of aliphatic hydroxyl groups excluding tert-OH is 1. The predicted molar refractivity (Wildman–Crippen MR) is 130 cm³/mol. The molecule has 3 nitrogen and oxygen atoms in total. The molecule has 1 heterocycles. The van der Waals surface area contributed by atoms with Crippen LogP contribution >= 0.6 is 0 Å². The van der Waals surface area contributed by atoms with Crippen LogP contribution in [0.4, 0.5) is 0 Å². The summed E-state index contributed by atoms with van der Waals surface area (Å²) in [5, 5.41) is 10.9. The van der Waals surface area contributed by atoms with E-state index in [0.717, 1.165) is 44.9 Å². The number of esters is 1. The third kappa shape index (κ3) is 2.44. The van der Waals surface area contributed by atoms with Gasteiger partial charge in [-0.1, -0.05) is 60.1 Å². The molecule has 0 amide bonds. The number of aliphatic hydroxyl groups is 1. The summed E-state index contributed by atoms with van der Waals surface area (Å²) < 4.78 is 6.41. The van der Waals surface area contributed by atoms with E-state index < -0.39 is 0 Å². The molecule has 1 spiro atoms. The lowest BCUT2D eigenvalue weighted by atomic mass is 9.33. The zero-order chi connectivity index (χ0) is 23.8. The van der Waals surface area contributed by atoms with Crippen LogP contribution in [0.25, 0.3) is 0 Å². The van der Waals surface area contributed by atoms with Gasteiger partial charge in [0.25, 0.3) is 0 Å². The molecule has 3 heteroatoms. The summed E-state index contributed by atoms with van der Waals surface area (Å²) in [5.74, 6) is 1.59. The van der Waals surface area contributed by atoms with E-state index in [1.807, 2.05) is 0 Å². The van der Waals surface area contributed by atoms with E-state index in [1.54, 1.807) is 5.57 Å². The molecule has 0 aromatic carbocycles. The monoisotopic (exact) mass is 454 g/mol. The number of carbonyl (C=O) groups is 1. The van der Waals surface area contributed by atoms with Gasteiger partial charge in [0, 0.05) is 11.8 Å². The Hall–Kier alpha value is -0.830. The number of carbonyl (C=O) groups excluding carboxylic acids is 1. The second kappa shape index (κ2) is 6.29. The van der Waals surface area contributed by atoms with Gasteiger partial charge in [-0.05, 0) is 90.8 Å². The lowest BCUT2D eigenvalue weighted by Gasteiger charge is -2.70. The van der Waals surface area contributed by atoms with Crippen LogP contribution in [0.3, 0.4) is 0 Å². The summed E-state index contributed by atoms with van der Waals surface area (Å²) in [7, 11) is 0. The highest BCUT2D eigenvalue weighted by Crippen LogP contribution is 2.77. The van der Waals surface area contributed by atoms with Crippen LogP contribution in [-0.2, 0) is 9.53 Å². The van der Waals surface area contributed by atoms with Crippen molar-refractivity contribution in [2.45, 2.75) is 118 Å². The molecular formula is C30H46O3. The van der Waals surface area contributed by atoms with Gasteiger partial charge in [0.05, 0.1) is 11.5 Å². The van der Waals surface area contributed by atoms with Gasteiger partial charge in [-0.25, -0.2) is 0 Å². The van der Waals surface area contributed by atoms with Crippen LogP contribution in [0.15, 0.2) is 11.6 Å². The Morgan fingerprint density at radius 3 is 2.36 bits per heavy atom. The van der Waals surface area contributed by atoms with Crippen molar-refractivity contribution >= 4 is 5.97 Å². The molecule has 5 fully saturated rings. The van der Waals surface area contributed by atoms with Crippen LogP contribution in [0.5, 0.6) is 0 Å². The SMILES string of the molecule is CC1(C)CCC23C[C@H](OC2=O)[C@]2(C)C(=CC[C@@H]4[C@@]5(C)CC[C@H](O)C(C)(C)[C@@H]5CC[C@]42C)C3C1. The first-order chi connectivity index (χ1) is 15.2. The maximum Gasteiger partial charge on any atom is 0.313 e. The maximum atomic E-state index is 13.5. The summed E-state index contributed by atoms with van der Waals surface area (Å²) in [5.41, 5.74) is 1.87. The Balaban J connectivity index is 1.48. The lowest BCUT2D eigenvalue weighted by molar-refractivity contribution is -0.212. The van der Waals surface area contributed by atoms with Crippen molar-refractivity contribution in [3.8, 4) is 0 Å². The van der Waals surface area contributed by atoms with Crippen LogP contribution in [-0.4, -0.2) is 23.3 Å². The molecule has 2 bridgehead atoms. The molecule has 0 radical (unpaired) electrons. The van der Waals surface area contributed by atoms with Gasteiger partial charge in [0.1, 0.15) is 6.10 Å². The minimum atomic E-state index is -0.257. The summed E-state index contributed by atoms with van der Waals surface area (Å²) in [6.45, 7) is 17.0. The number of fused-ring (bicyclic) bond motifs is 8. The molecule has 1 N–H and O–H groups in total. The minimum Gasteiger partial charge on any atom is -0.461 e. The Morgan fingerprint density at radius 1 is 0.909 bits per heavy atom. The van der Waals surface area contributed by atoms with Crippen LogP contribution in [0.1, 0.15) is 106 Å². The molecule has 6 aliphatic rings. The van der Waals surface area contributed by atoms with E-state index in [-0.39, 0.29) is 50.7 Å². The van der Waals surface area contributed by atoms with Gasteiger partial charge in [-0.2, -0.15) is 0 Å². The average molecular weight is 455 g/mol. The molecule has 4 saturated carbocycles.